The van der Waals surface area contributed by atoms with E-state index in [2.05, 4.69) is 52.5 Å². The first kappa shape index (κ1) is 22.9. The van der Waals surface area contributed by atoms with E-state index < -0.39 is 0 Å². The minimum atomic E-state index is -0.0728. The number of nitrogens with one attached hydrogen (secondary N) is 2. The predicted molar refractivity (Wildman–Crippen MR) is 143 cm³/mol. The zero-order chi connectivity index (χ0) is 24.5. The van der Waals surface area contributed by atoms with Crippen molar-refractivity contribution in [3.8, 4) is 17.1 Å². The monoisotopic (exact) mass is 481 g/mol. The minimum absolute atomic E-state index is 0.0728. The summed E-state index contributed by atoms with van der Waals surface area (Å²) in [5, 5.41) is 13.9. The van der Waals surface area contributed by atoms with Crippen LogP contribution in [0.15, 0.2) is 71.9 Å². The number of hydrogen-bond donors (Lipinski definition) is 2. The highest BCUT2D eigenvalue weighted by Crippen LogP contribution is 2.31. The summed E-state index contributed by atoms with van der Waals surface area (Å²) in [5.41, 5.74) is 8.38. The van der Waals surface area contributed by atoms with Gasteiger partial charge in [-0.05, 0) is 74.7 Å². The van der Waals surface area contributed by atoms with E-state index in [1.165, 1.54) is 22.7 Å². The molecule has 0 radical (unpaired) electrons. The molecule has 0 aliphatic rings. The van der Waals surface area contributed by atoms with Gasteiger partial charge in [0.05, 0.1) is 5.75 Å². The van der Waals surface area contributed by atoms with Crippen LogP contribution < -0.4 is 5.32 Å². The van der Waals surface area contributed by atoms with Gasteiger partial charge in [-0.2, -0.15) is 0 Å². The quantitative estimate of drug-likeness (QED) is 0.276. The summed E-state index contributed by atoms with van der Waals surface area (Å²) < 4.78 is 2.02. The minimum Gasteiger partial charge on any atom is -0.358 e. The number of anilines is 1. The second-order valence-corrected chi connectivity index (χ2v) is 9.66. The summed E-state index contributed by atoms with van der Waals surface area (Å²) in [4.78, 5) is 16.2. The first-order valence-electron chi connectivity index (χ1n) is 11.5. The van der Waals surface area contributed by atoms with Crippen molar-refractivity contribution in [1.82, 2.24) is 19.7 Å². The van der Waals surface area contributed by atoms with Crippen molar-refractivity contribution in [2.75, 3.05) is 11.1 Å². The Labute approximate surface area is 208 Å². The Morgan fingerprint density at radius 3 is 2.43 bits per heavy atom. The Morgan fingerprint density at radius 1 is 0.943 bits per heavy atom. The number of carbonyl (C=O) groups is 1. The van der Waals surface area contributed by atoms with Crippen LogP contribution in [0.3, 0.4) is 0 Å². The Balaban J connectivity index is 1.47. The van der Waals surface area contributed by atoms with Crippen LogP contribution in [0.25, 0.3) is 28.0 Å². The van der Waals surface area contributed by atoms with E-state index in [1.54, 1.807) is 0 Å². The number of aromatic nitrogens is 4. The third-order valence-corrected chi connectivity index (χ3v) is 7.22. The van der Waals surface area contributed by atoms with Crippen molar-refractivity contribution in [3.05, 3.63) is 89.1 Å². The van der Waals surface area contributed by atoms with Crippen LogP contribution in [0.2, 0.25) is 0 Å². The molecule has 0 unspecified atom stereocenters. The highest BCUT2D eigenvalue weighted by atomic mass is 32.2. The Morgan fingerprint density at radius 2 is 1.69 bits per heavy atom. The number of rotatable bonds is 6. The fourth-order valence-electron chi connectivity index (χ4n) is 4.28. The second kappa shape index (κ2) is 9.43. The van der Waals surface area contributed by atoms with Gasteiger partial charge in [0.25, 0.3) is 0 Å². The van der Waals surface area contributed by atoms with Crippen molar-refractivity contribution in [2.45, 2.75) is 32.9 Å². The summed E-state index contributed by atoms with van der Waals surface area (Å²) in [6.45, 7) is 8.20. The molecule has 5 rings (SSSR count). The molecule has 3 aromatic carbocycles. The second-order valence-electron chi connectivity index (χ2n) is 8.72. The number of fused-ring (bicyclic) bond motifs is 1. The normalized spacial score (nSPS) is 11.2. The fraction of sp³-hybridized carbons (Fsp3) is 0.179. The van der Waals surface area contributed by atoms with E-state index in [9.17, 15) is 4.79 Å². The van der Waals surface area contributed by atoms with Crippen LogP contribution in [0.5, 0.6) is 0 Å². The largest absolute Gasteiger partial charge is 0.358 e. The predicted octanol–water partition coefficient (Wildman–Crippen LogP) is 6.38. The lowest BCUT2D eigenvalue weighted by Crippen LogP contribution is -2.16. The topological polar surface area (TPSA) is 75.6 Å². The first-order valence-corrected chi connectivity index (χ1v) is 12.5. The van der Waals surface area contributed by atoms with E-state index in [1.807, 2.05) is 66.9 Å². The number of benzene rings is 3. The van der Waals surface area contributed by atoms with Crippen LogP contribution in [0.1, 0.15) is 22.4 Å². The molecule has 0 bridgehead atoms. The maximum Gasteiger partial charge on any atom is 0.234 e. The lowest BCUT2D eigenvalue weighted by molar-refractivity contribution is -0.113. The molecule has 7 heteroatoms. The number of carbonyl (C=O) groups excluding carboxylic acids is 1. The number of aromatic amines is 1. The molecule has 6 nitrogen and oxygen atoms in total. The molecular weight excluding hydrogens is 454 g/mol. The average Bonchev–Trinajstić information content (AvgIpc) is 3.41. The molecule has 0 spiro atoms. The number of amides is 1. The lowest BCUT2D eigenvalue weighted by atomic mass is 10.1. The summed E-state index contributed by atoms with van der Waals surface area (Å²) in [6.07, 6.45) is 0. The van der Waals surface area contributed by atoms with Crippen molar-refractivity contribution in [3.63, 3.8) is 0 Å². The third kappa shape index (κ3) is 4.47. The van der Waals surface area contributed by atoms with E-state index >= 15 is 0 Å². The van der Waals surface area contributed by atoms with Gasteiger partial charge in [0.1, 0.15) is 0 Å². The zero-order valence-electron chi connectivity index (χ0n) is 20.2. The molecule has 0 saturated carbocycles. The lowest BCUT2D eigenvalue weighted by Gasteiger charge is -2.12. The van der Waals surface area contributed by atoms with Gasteiger partial charge in [-0.15, -0.1) is 10.2 Å². The van der Waals surface area contributed by atoms with Gasteiger partial charge >= 0.3 is 0 Å². The third-order valence-electron chi connectivity index (χ3n) is 6.29. The van der Waals surface area contributed by atoms with Crippen LogP contribution in [-0.4, -0.2) is 31.4 Å². The standard InChI is InChI=1S/C28H27N5OS/c1-17-9-8-10-18(2)26(17)30-25(34)16-35-28-32-31-27(33(28)22-11-6-5-7-12-22)21-13-14-24-23(15-21)19(3)20(4)29-24/h5-15,29H,16H2,1-4H3,(H,30,34). The van der Waals surface area contributed by atoms with E-state index in [4.69, 9.17) is 0 Å². The number of nitrogens with zero attached hydrogens (tertiary/aromatic N) is 3. The number of H-pyrrole nitrogens is 1. The number of para-hydroxylation sites is 2. The highest BCUT2D eigenvalue weighted by molar-refractivity contribution is 7.99. The van der Waals surface area contributed by atoms with Gasteiger partial charge in [-0.1, -0.05) is 48.2 Å². The molecule has 0 aliphatic carbocycles. The van der Waals surface area contributed by atoms with Crippen molar-refractivity contribution in [2.24, 2.45) is 0 Å². The van der Waals surface area contributed by atoms with Crippen molar-refractivity contribution < 1.29 is 4.79 Å². The average molecular weight is 482 g/mol. The number of thioether (sulfide) groups is 1. The maximum absolute atomic E-state index is 12.8. The Kier molecular flexibility index (Phi) is 6.17. The molecule has 5 aromatic rings. The van der Waals surface area contributed by atoms with Gasteiger partial charge < -0.3 is 10.3 Å². The summed E-state index contributed by atoms with van der Waals surface area (Å²) >= 11 is 1.38. The number of aryl methyl sites for hydroxylation is 4. The Hall–Kier alpha value is -3.84. The molecule has 176 valence electrons. The number of hydrogen-bond acceptors (Lipinski definition) is 4. The van der Waals surface area contributed by atoms with Gasteiger partial charge in [0.15, 0.2) is 11.0 Å². The summed E-state index contributed by atoms with van der Waals surface area (Å²) in [5.74, 6) is 0.902. The molecule has 2 N–H and O–H groups in total. The van der Waals surface area contributed by atoms with Crippen LogP contribution in [-0.2, 0) is 4.79 Å². The molecule has 0 aliphatic heterocycles. The van der Waals surface area contributed by atoms with Crippen LogP contribution in [0.4, 0.5) is 5.69 Å². The van der Waals surface area contributed by atoms with Crippen LogP contribution in [0, 0.1) is 27.7 Å². The molecular formula is C28H27N5OS. The smallest absolute Gasteiger partial charge is 0.234 e. The zero-order valence-corrected chi connectivity index (χ0v) is 21.0. The first-order chi connectivity index (χ1) is 16.9. The van der Waals surface area contributed by atoms with E-state index in [0.717, 1.165) is 45.1 Å². The van der Waals surface area contributed by atoms with Gasteiger partial charge in [0.2, 0.25) is 5.91 Å². The molecule has 2 heterocycles. The summed E-state index contributed by atoms with van der Waals surface area (Å²) in [6, 6.07) is 22.3. The summed E-state index contributed by atoms with van der Waals surface area (Å²) in [7, 11) is 0. The van der Waals surface area contributed by atoms with Gasteiger partial charge in [0, 0.05) is 33.5 Å². The van der Waals surface area contributed by atoms with Gasteiger partial charge in [-0.25, -0.2) is 0 Å². The van der Waals surface area contributed by atoms with Crippen molar-refractivity contribution >= 4 is 34.3 Å². The molecule has 0 fully saturated rings. The molecule has 35 heavy (non-hydrogen) atoms. The highest BCUT2D eigenvalue weighted by Gasteiger charge is 2.19. The molecule has 1 amide bonds. The van der Waals surface area contributed by atoms with Crippen LogP contribution >= 0.6 is 11.8 Å². The Bertz CT molecular complexity index is 1510. The molecule has 0 saturated heterocycles. The van der Waals surface area contributed by atoms with E-state index in [0.29, 0.717) is 5.16 Å². The molecule has 2 aromatic heterocycles. The van der Waals surface area contributed by atoms with Crippen molar-refractivity contribution in [1.29, 1.82) is 0 Å². The van der Waals surface area contributed by atoms with E-state index in [-0.39, 0.29) is 11.7 Å². The maximum atomic E-state index is 12.8. The van der Waals surface area contributed by atoms with Gasteiger partial charge in [-0.3, -0.25) is 9.36 Å². The fourth-order valence-corrected chi connectivity index (χ4v) is 5.03. The molecule has 0 atom stereocenters. The SMILES string of the molecule is Cc1cccc(C)c1NC(=O)CSc1nnc(-c2ccc3[nH]c(C)c(C)c3c2)n1-c1ccccc1.